The van der Waals surface area contributed by atoms with Gasteiger partial charge in [-0.2, -0.15) is 0 Å². The van der Waals surface area contributed by atoms with Crippen LogP contribution in [0.2, 0.25) is 5.02 Å². The van der Waals surface area contributed by atoms with E-state index < -0.39 is 0 Å². The van der Waals surface area contributed by atoms with E-state index in [-0.39, 0.29) is 5.82 Å². The van der Waals surface area contributed by atoms with E-state index in [9.17, 15) is 4.39 Å². The standard InChI is InChI=1S/C6H3BrClFS/c7-4-1-3(9)2-5(8)6(4)10/h1-2,10H. The molecule has 1 aromatic carbocycles. The van der Waals surface area contributed by atoms with E-state index in [0.717, 1.165) is 0 Å². The van der Waals surface area contributed by atoms with Crippen molar-refractivity contribution in [2.24, 2.45) is 0 Å². The smallest absolute Gasteiger partial charge is 0.125 e. The van der Waals surface area contributed by atoms with Crippen LogP contribution in [0.1, 0.15) is 0 Å². The van der Waals surface area contributed by atoms with Crippen molar-refractivity contribution in [2.45, 2.75) is 4.90 Å². The molecule has 0 bridgehead atoms. The van der Waals surface area contributed by atoms with Gasteiger partial charge in [-0.15, -0.1) is 12.6 Å². The maximum Gasteiger partial charge on any atom is 0.125 e. The Morgan fingerprint density at radius 1 is 1.50 bits per heavy atom. The van der Waals surface area contributed by atoms with Crippen LogP contribution in [0, 0.1) is 5.82 Å². The summed E-state index contributed by atoms with van der Waals surface area (Å²) in [5, 5.41) is 0.315. The summed E-state index contributed by atoms with van der Waals surface area (Å²) in [5.41, 5.74) is 0. The van der Waals surface area contributed by atoms with Crippen LogP contribution in [0.5, 0.6) is 0 Å². The summed E-state index contributed by atoms with van der Waals surface area (Å²) in [7, 11) is 0. The third kappa shape index (κ3) is 1.65. The van der Waals surface area contributed by atoms with Gasteiger partial charge < -0.3 is 0 Å². The zero-order valence-corrected chi connectivity index (χ0v) is 7.97. The Bertz CT molecular complexity index is 241. The van der Waals surface area contributed by atoms with Crippen LogP contribution in [0.4, 0.5) is 4.39 Å². The first-order chi connectivity index (χ1) is 4.61. The van der Waals surface area contributed by atoms with E-state index in [1.807, 2.05) is 0 Å². The van der Waals surface area contributed by atoms with Gasteiger partial charge in [-0.1, -0.05) is 11.6 Å². The van der Waals surface area contributed by atoms with Gasteiger partial charge in [0.2, 0.25) is 0 Å². The zero-order valence-electron chi connectivity index (χ0n) is 4.74. The van der Waals surface area contributed by atoms with E-state index in [1.165, 1.54) is 12.1 Å². The number of hydrogen-bond donors (Lipinski definition) is 1. The SMILES string of the molecule is Fc1cc(Cl)c(S)c(Br)c1. The van der Waals surface area contributed by atoms with Crippen LogP contribution < -0.4 is 0 Å². The second-order valence-electron chi connectivity index (χ2n) is 1.72. The van der Waals surface area contributed by atoms with Crippen molar-refractivity contribution in [1.82, 2.24) is 0 Å². The summed E-state index contributed by atoms with van der Waals surface area (Å²) in [5.74, 6) is -0.366. The number of halogens is 3. The molecule has 0 fully saturated rings. The average molecular weight is 242 g/mol. The molecule has 1 rings (SSSR count). The van der Waals surface area contributed by atoms with Gasteiger partial charge >= 0.3 is 0 Å². The van der Waals surface area contributed by atoms with Crippen molar-refractivity contribution < 1.29 is 4.39 Å². The molecule has 0 amide bonds. The monoisotopic (exact) mass is 240 g/mol. The van der Waals surface area contributed by atoms with Crippen LogP contribution in [0.25, 0.3) is 0 Å². The molecule has 0 saturated heterocycles. The van der Waals surface area contributed by atoms with Gasteiger partial charge in [0.1, 0.15) is 5.82 Å². The minimum atomic E-state index is -0.366. The Labute approximate surface area is 76.9 Å². The predicted molar refractivity (Wildman–Crippen MR) is 46.4 cm³/mol. The van der Waals surface area contributed by atoms with Crippen molar-refractivity contribution in [1.29, 1.82) is 0 Å². The number of thiol groups is 1. The lowest BCUT2D eigenvalue weighted by atomic mass is 10.3. The summed E-state index contributed by atoms with van der Waals surface area (Å²) >= 11 is 12.7. The molecule has 0 unspecified atom stereocenters. The quantitative estimate of drug-likeness (QED) is 0.660. The summed E-state index contributed by atoms with van der Waals surface area (Å²) in [6.07, 6.45) is 0. The van der Waals surface area contributed by atoms with Crippen LogP contribution in [0.15, 0.2) is 21.5 Å². The molecule has 0 aliphatic rings. The lowest BCUT2D eigenvalue weighted by Gasteiger charge is -1.98. The molecule has 1 aromatic rings. The van der Waals surface area contributed by atoms with Gasteiger partial charge in [0, 0.05) is 9.37 Å². The molecule has 0 N–H and O–H groups in total. The highest BCUT2D eigenvalue weighted by molar-refractivity contribution is 9.10. The average Bonchev–Trinajstić information content (AvgIpc) is 1.82. The Morgan fingerprint density at radius 3 is 2.60 bits per heavy atom. The van der Waals surface area contributed by atoms with Gasteiger partial charge in [0.25, 0.3) is 0 Å². The molecule has 0 aliphatic heterocycles. The maximum absolute atomic E-state index is 12.5. The molecule has 0 spiro atoms. The molecule has 0 aromatic heterocycles. The number of benzene rings is 1. The summed E-state index contributed by atoms with van der Waals surface area (Å²) in [6.45, 7) is 0. The Kier molecular flexibility index (Phi) is 2.61. The highest BCUT2D eigenvalue weighted by Crippen LogP contribution is 2.29. The fourth-order valence-electron chi connectivity index (χ4n) is 0.535. The van der Waals surface area contributed by atoms with Crippen LogP contribution in [-0.2, 0) is 0 Å². The first-order valence-corrected chi connectivity index (χ1v) is 4.06. The van der Waals surface area contributed by atoms with E-state index in [4.69, 9.17) is 11.6 Å². The van der Waals surface area contributed by atoms with Crippen molar-refractivity contribution >= 4 is 40.2 Å². The van der Waals surface area contributed by atoms with E-state index >= 15 is 0 Å². The van der Waals surface area contributed by atoms with Gasteiger partial charge in [-0.25, -0.2) is 4.39 Å². The molecule has 54 valence electrons. The lowest BCUT2D eigenvalue weighted by Crippen LogP contribution is -1.77. The number of hydrogen-bond acceptors (Lipinski definition) is 1. The molecule has 0 radical (unpaired) electrons. The molecule has 0 aliphatic carbocycles. The molecule has 0 heterocycles. The van der Waals surface area contributed by atoms with E-state index in [2.05, 4.69) is 28.6 Å². The Hall–Kier alpha value is 0.270. The molecular weight excluding hydrogens is 238 g/mol. The molecule has 0 saturated carbocycles. The maximum atomic E-state index is 12.5. The largest absolute Gasteiger partial charge is 0.207 e. The topological polar surface area (TPSA) is 0 Å². The van der Waals surface area contributed by atoms with Crippen LogP contribution in [-0.4, -0.2) is 0 Å². The zero-order chi connectivity index (χ0) is 7.72. The molecule has 10 heavy (non-hydrogen) atoms. The first-order valence-electron chi connectivity index (χ1n) is 2.45. The third-order valence-corrected chi connectivity index (χ3v) is 2.83. The normalized spacial score (nSPS) is 10.0. The summed E-state index contributed by atoms with van der Waals surface area (Å²) in [6, 6.07) is 2.53. The second kappa shape index (κ2) is 3.11. The van der Waals surface area contributed by atoms with Gasteiger partial charge in [0.15, 0.2) is 0 Å². The summed E-state index contributed by atoms with van der Waals surface area (Å²) < 4.78 is 13.0. The molecule has 4 heteroatoms. The fraction of sp³-hybridized carbons (Fsp3) is 0. The lowest BCUT2D eigenvalue weighted by molar-refractivity contribution is 0.625. The van der Waals surface area contributed by atoms with Crippen molar-refractivity contribution in [3.8, 4) is 0 Å². The predicted octanol–water partition coefficient (Wildman–Crippen LogP) is 3.53. The van der Waals surface area contributed by atoms with Crippen LogP contribution >= 0.6 is 40.2 Å². The first kappa shape index (κ1) is 8.37. The van der Waals surface area contributed by atoms with Gasteiger partial charge in [-0.05, 0) is 28.1 Å². The highest BCUT2D eigenvalue weighted by Gasteiger charge is 2.02. The van der Waals surface area contributed by atoms with Gasteiger partial charge in [-0.3, -0.25) is 0 Å². The summed E-state index contributed by atoms with van der Waals surface area (Å²) in [4.78, 5) is 0.558. The van der Waals surface area contributed by atoms with Crippen LogP contribution in [0.3, 0.4) is 0 Å². The van der Waals surface area contributed by atoms with Crippen molar-refractivity contribution in [3.05, 3.63) is 27.4 Å². The van der Waals surface area contributed by atoms with E-state index in [0.29, 0.717) is 14.4 Å². The van der Waals surface area contributed by atoms with Crippen molar-refractivity contribution in [3.63, 3.8) is 0 Å². The second-order valence-corrected chi connectivity index (χ2v) is 3.43. The molecular formula is C6H3BrClFS. The Morgan fingerprint density at radius 2 is 2.10 bits per heavy atom. The molecule has 0 nitrogen and oxygen atoms in total. The van der Waals surface area contributed by atoms with Gasteiger partial charge in [0.05, 0.1) is 5.02 Å². The fourth-order valence-corrected chi connectivity index (χ4v) is 1.42. The minimum Gasteiger partial charge on any atom is -0.207 e. The Balaban J connectivity index is 3.31. The molecule has 0 atom stereocenters. The highest BCUT2D eigenvalue weighted by atomic mass is 79.9. The minimum absolute atomic E-state index is 0.315. The van der Waals surface area contributed by atoms with E-state index in [1.54, 1.807) is 0 Å². The number of rotatable bonds is 0. The third-order valence-electron chi connectivity index (χ3n) is 0.982. The van der Waals surface area contributed by atoms with Crippen molar-refractivity contribution in [2.75, 3.05) is 0 Å².